The van der Waals surface area contributed by atoms with E-state index in [4.69, 9.17) is 5.73 Å². The number of quaternary nitrogens is 1. The van der Waals surface area contributed by atoms with E-state index in [2.05, 4.69) is 5.73 Å². The molecule has 0 aliphatic heterocycles. The molecule has 0 saturated carbocycles. The number of amides is 1. The fourth-order valence-corrected chi connectivity index (χ4v) is 2.91. The molecule has 2 rings (SSSR count). The van der Waals surface area contributed by atoms with E-state index in [9.17, 15) is 9.59 Å². The van der Waals surface area contributed by atoms with Gasteiger partial charge in [0.25, 0.3) is 0 Å². The molecule has 2 aromatic carbocycles. The number of benzene rings is 2. The highest BCUT2D eigenvalue weighted by molar-refractivity contribution is 7.99. The lowest BCUT2D eigenvalue weighted by molar-refractivity contribution is -0.305. The van der Waals surface area contributed by atoms with Gasteiger partial charge in [-0.05, 0) is 12.3 Å². The first-order valence-corrected chi connectivity index (χ1v) is 7.71. The number of nitrogens with two attached hydrogens (primary N) is 1. The summed E-state index contributed by atoms with van der Waals surface area (Å²) in [6.45, 7) is 0. The maximum Gasteiger partial charge on any atom is 0.326 e. The molecule has 4 nitrogen and oxygen atoms in total. The Bertz CT molecular complexity index is 671. The molecule has 1 unspecified atom stereocenters. The predicted octanol–water partition coefficient (Wildman–Crippen LogP) is 1.67. The molecule has 108 valence electrons. The molecular formula is C16H17N2O2S+. The van der Waals surface area contributed by atoms with Crippen LogP contribution in [0.2, 0.25) is 0 Å². The van der Waals surface area contributed by atoms with Gasteiger partial charge in [0.15, 0.2) is 5.78 Å². The second-order valence-electron chi connectivity index (χ2n) is 4.59. The van der Waals surface area contributed by atoms with Crippen molar-refractivity contribution in [2.24, 2.45) is 0 Å². The molecule has 0 bridgehead atoms. The lowest BCUT2D eigenvalue weighted by Crippen LogP contribution is -2.59. The highest BCUT2D eigenvalue weighted by Gasteiger charge is 2.24. The molecule has 21 heavy (non-hydrogen) atoms. The molecule has 0 aromatic heterocycles. The second kappa shape index (κ2) is 6.56. The second-order valence-corrected chi connectivity index (χ2v) is 5.53. The Morgan fingerprint density at radius 3 is 2.33 bits per heavy atom. The summed E-state index contributed by atoms with van der Waals surface area (Å²) in [7, 11) is 0. The van der Waals surface area contributed by atoms with Crippen molar-refractivity contribution in [1.29, 1.82) is 0 Å². The standard InChI is InChI=1S/C16H16N2O2S/c1-21-15(16(18)20)12-9-5-8-11(13(12)17)14(19)10-6-3-2-4-7-10/h2-9,15H,17H2,1H3,(H2,18,20)/p+1. The Hall–Kier alpha value is -2.11. The zero-order valence-electron chi connectivity index (χ0n) is 11.7. The van der Waals surface area contributed by atoms with Gasteiger partial charge in [-0.2, -0.15) is 0 Å². The van der Waals surface area contributed by atoms with Gasteiger partial charge < -0.3 is 5.73 Å². The van der Waals surface area contributed by atoms with E-state index in [0.29, 0.717) is 22.4 Å². The molecule has 0 radical (unpaired) electrons. The van der Waals surface area contributed by atoms with Crippen LogP contribution in [0.15, 0.2) is 48.5 Å². The number of anilines is 1. The number of hydrogen-bond acceptors (Lipinski definition) is 4. The fraction of sp³-hybridized carbons (Fsp3) is 0.125. The van der Waals surface area contributed by atoms with E-state index in [1.807, 2.05) is 12.3 Å². The van der Waals surface area contributed by atoms with E-state index in [0.717, 1.165) is 0 Å². The van der Waals surface area contributed by atoms with Gasteiger partial charge in [0, 0.05) is 22.4 Å². The van der Waals surface area contributed by atoms with E-state index in [1.165, 1.54) is 11.8 Å². The highest BCUT2D eigenvalue weighted by atomic mass is 32.2. The number of ketones is 1. The Morgan fingerprint density at radius 2 is 1.76 bits per heavy atom. The van der Waals surface area contributed by atoms with Gasteiger partial charge in [-0.1, -0.05) is 42.5 Å². The van der Waals surface area contributed by atoms with E-state index < -0.39 is 5.25 Å². The normalized spacial score (nSPS) is 11.9. The lowest BCUT2D eigenvalue weighted by Gasteiger charge is -2.14. The molecule has 1 amide bonds. The van der Waals surface area contributed by atoms with Crippen molar-refractivity contribution in [3.63, 3.8) is 0 Å². The molecule has 2 aromatic rings. The van der Waals surface area contributed by atoms with Crippen molar-refractivity contribution >= 4 is 29.1 Å². The molecule has 0 fully saturated rings. The van der Waals surface area contributed by atoms with Gasteiger partial charge >= 0.3 is 5.91 Å². The minimum absolute atomic E-state index is 0.147. The summed E-state index contributed by atoms with van der Waals surface area (Å²) in [5, 5.41) is -0.450. The zero-order chi connectivity index (χ0) is 15.4. The van der Waals surface area contributed by atoms with Crippen LogP contribution in [-0.4, -0.2) is 17.9 Å². The molecule has 0 heterocycles. The van der Waals surface area contributed by atoms with Crippen LogP contribution in [0.1, 0.15) is 26.7 Å². The quantitative estimate of drug-likeness (QED) is 0.649. The van der Waals surface area contributed by atoms with Gasteiger partial charge in [-0.25, -0.2) is 4.79 Å². The van der Waals surface area contributed by atoms with Gasteiger partial charge in [-0.15, -0.1) is 11.8 Å². The third-order valence-electron chi connectivity index (χ3n) is 3.23. The summed E-state index contributed by atoms with van der Waals surface area (Å²) >= 11 is 1.36. The maximum atomic E-state index is 12.5. The molecule has 0 spiro atoms. The molecular weight excluding hydrogens is 284 g/mol. The number of para-hydroxylation sites is 1. The summed E-state index contributed by atoms with van der Waals surface area (Å²) in [5.41, 5.74) is 11.6. The first-order valence-electron chi connectivity index (χ1n) is 6.43. The molecule has 5 N–H and O–H groups in total. The first-order chi connectivity index (χ1) is 10.1. The van der Waals surface area contributed by atoms with Gasteiger partial charge in [0.1, 0.15) is 5.25 Å². The van der Waals surface area contributed by atoms with Crippen molar-refractivity contribution in [1.82, 2.24) is 0 Å². The highest BCUT2D eigenvalue weighted by Crippen LogP contribution is 2.32. The molecule has 5 heteroatoms. The van der Waals surface area contributed by atoms with E-state index in [1.54, 1.807) is 42.5 Å². The van der Waals surface area contributed by atoms with Crippen molar-refractivity contribution in [2.75, 3.05) is 12.0 Å². The average molecular weight is 301 g/mol. The number of nitrogen functional groups attached to an aromatic ring is 1. The summed E-state index contributed by atoms with van der Waals surface area (Å²) in [5.74, 6) is -0.371. The van der Waals surface area contributed by atoms with Crippen LogP contribution in [0.25, 0.3) is 0 Å². The summed E-state index contributed by atoms with van der Waals surface area (Å²) < 4.78 is 0. The topological polar surface area (TPSA) is 87.8 Å². The maximum absolute atomic E-state index is 12.5. The molecule has 0 saturated heterocycles. The van der Waals surface area contributed by atoms with E-state index >= 15 is 0 Å². The SMILES string of the molecule is CSC(C([NH3+])=O)c1cccc(C(=O)c2ccccc2)c1N. The zero-order valence-corrected chi connectivity index (χ0v) is 12.5. The Kier molecular flexibility index (Phi) is 4.77. The number of carbonyl (C=O) groups is 2. The number of carbonyl (C=O) groups excluding carboxylic acids is 2. The Labute approximate surface area is 127 Å². The third kappa shape index (κ3) is 3.15. The van der Waals surface area contributed by atoms with Crippen LogP contribution in [0.4, 0.5) is 5.69 Å². The van der Waals surface area contributed by atoms with Crippen LogP contribution < -0.4 is 11.5 Å². The lowest BCUT2D eigenvalue weighted by atomic mass is 9.97. The fourth-order valence-electron chi connectivity index (χ4n) is 2.19. The Morgan fingerprint density at radius 1 is 1.10 bits per heavy atom. The summed E-state index contributed by atoms with van der Waals surface area (Å²) in [6, 6.07) is 14.1. The van der Waals surface area contributed by atoms with E-state index in [-0.39, 0.29) is 11.7 Å². The van der Waals surface area contributed by atoms with Crippen molar-refractivity contribution in [2.45, 2.75) is 5.25 Å². The summed E-state index contributed by atoms with van der Waals surface area (Å²) in [4.78, 5) is 24.1. The number of thioether (sulfide) groups is 1. The average Bonchev–Trinajstić information content (AvgIpc) is 2.49. The van der Waals surface area contributed by atoms with Crippen molar-refractivity contribution in [3.05, 3.63) is 65.2 Å². The van der Waals surface area contributed by atoms with Crippen LogP contribution in [-0.2, 0) is 4.79 Å². The Balaban J connectivity index is 2.47. The first kappa shape index (κ1) is 15.3. The van der Waals surface area contributed by atoms with Gasteiger partial charge in [0.2, 0.25) is 0 Å². The monoisotopic (exact) mass is 301 g/mol. The summed E-state index contributed by atoms with van der Waals surface area (Å²) in [6.07, 6.45) is 1.82. The van der Waals surface area contributed by atoms with Crippen LogP contribution in [0.5, 0.6) is 0 Å². The predicted molar refractivity (Wildman–Crippen MR) is 84.9 cm³/mol. The third-order valence-corrected chi connectivity index (χ3v) is 4.22. The number of rotatable bonds is 5. The molecule has 0 aliphatic carbocycles. The van der Waals surface area contributed by atoms with Crippen LogP contribution in [0.3, 0.4) is 0 Å². The molecule has 0 aliphatic rings. The van der Waals surface area contributed by atoms with Crippen LogP contribution in [0, 0.1) is 0 Å². The number of hydrogen-bond donors (Lipinski definition) is 2. The molecule has 1 atom stereocenters. The van der Waals surface area contributed by atoms with Crippen molar-refractivity contribution in [3.8, 4) is 0 Å². The van der Waals surface area contributed by atoms with Gasteiger partial charge in [-0.3, -0.25) is 10.5 Å². The minimum atomic E-state index is -0.450. The minimum Gasteiger partial charge on any atom is -0.398 e. The van der Waals surface area contributed by atoms with Gasteiger partial charge in [0.05, 0.1) is 0 Å². The van der Waals surface area contributed by atoms with Crippen molar-refractivity contribution < 1.29 is 15.3 Å². The smallest absolute Gasteiger partial charge is 0.326 e. The van der Waals surface area contributed by atoms with Crippen LogP contribution >= 0.6 is 11.8 Å². The largest absolute Gasteiger partial charge is 0.398 e.